The second-order valence-electron chi connectivity index (χ2n) is 6.01. The maximum absolute atomic E-state index is 12.6. The molecule has 0 aliphatic heterocycles. The molecule has 1 N–H and O–H groups in total. The van der Waals surface area contributed by atoms with Gasteiger partial charge in [-0.2, -0.15) is 5.10 Å². The van der Waals surface area contributed by atoms with Crippen molar-refractivity contribution in [3.63, 3.8) is 0 Å². The molecule has 2 aromatic heterocycles. The number of nitrogens with one attached hydrogen (secondary N) is 1. The average Bonchev–Trinajstić information content (AvgIpc) is 3.27. The van der Waals surface area contributed by atoms with Crippen molar-refractivity contribution in [2.24, 2.45) is 0 Å². The molecule has 0 aliphatic rings. The lowest BCUT2D eigenvalue weighted by Crippen LogP contribution is -2.17. The lowest BCUT2D eigenvalue weighted by atomic mass is 10.0. The van der Waals surface area contributed by atoms with Gasteiger partial charge in [-0.05, 0) is 30.7 Å². The van der Waals surface area contributed by atoms with Crippen LogP contribution in [-0.2, 0) is 6.54 Å². The Bertz CT molecular complexity index is 1090. The Morgan fingerprint density at radius 1 is 1.19 bits per heavy atom. The largest absolute Gasteiger partial charge is 0.296 e. The molecule has 0 atom stereocenters. The van der Waals surface area contributed by atoms with Gasteiger partial charge in [-0.15, -0.1) is 11.3 Å². The minimum absolute atomic E-state index is 0.189. The summed E-state index contributed by atoms with van der Waals surface area (Å²) in [5.74, 6) is -0.189. The fourth-order valence-electron chi connectivity index (χ4n) is 3.03. The summed E-state index contributed by atoms with van der Waals surface area (Å²) < 4.78 is 1.70. The molecule has 0 bridgehead atoms. The Hall–Kier alpha value is -2.99. The van der Waals surface area contributed by atoms with Crippen LogP contribution in [0.15, 0.2) is 53.9 Å². The maximum Gasteiger partial charge on any atom is 0.275 e. The van der Waals surface area contributed by atoms with Gasteiger partial charge >= 0.3 is 0 Å². The Kier molecular flexibility index (Phi) is 4.26. The monoisotopic (exact) mass is 362 g/mol. The summed E-state index contributed by atoms with van der Waals surface area (Å²) in [6.07, 6.45) is 0. The summed E-state index contributed by atoms with van der Waals surface area (Å²) in [4.78, 5) is 17.2. The smallest absolute Gasteiger partial charge is 0.275 e. The fourth-order valence-corrected chi connectivity index (χ4v) is 3.74. The van der Waals surface area contributed by atoms with Gasteiger partial charge in [-0.1, -0.05) is 42.5 Å². The van der Waals surface area contributed by atoms with Crippen LogP contribution in [0.5, 0.6) is 0 Å². The number of carbonyl (C=O) groups is 1. The van der Waals surface area contributed by atoms with Crippen LogP contribution in [0.3, 0.4) is 0 Å². The van der Waals surface area contributed by atoms with Crippen molar-refractivity contribution in [1.82, 2.24) is 14.8 Å². The topological polar surface area (TPSA) is 59.8 Å². The van der Waals surface area contributed by atoms with Crippen LogP contribution in [0, 0.1) is 6.92 Å². The summed E-state index contributed by atoms with van der Waals surface area (Å²) in [5.41, 5.74) is 3.30. The Morgan fingerprint density at radius 2 is 2.00 bits per heavy atom. The van der Waals surface area contributed by atoms with Crippen molar-refractivity contribution >= 4 is 33.1 Å². The predicted molar refractivity (Wildman–Crippen MR) is 106 cm³/mol. The van der Waals surface area contributed by atoms with Gasteiger partial charge in [0.2, 0.25) is 0 Å². The molecule has 6 heteroatoms. The number of aryl methyl sites for hydroxylation is 2. The molecule has 4 aromatic rings. The van der Waals surface area contributed by atoms with E-state index in [4.69, 9.17) is 0 Å². The molecule has 0 aliphatic carbocycles. The highest BCUT2D eigenvalue weighted by molar-refractivity contribution is 7.14. The molecule has 26 heavy (non-hydrogen) atoms. The van der Waals surface area contributed by atoms with Crippen LogP contribution in [0.25, 0.3) is 22.0 Å². The number of fused-ring (bicyclic) bond motifs is 1. The quantitative estimate of drug-likeness (QED) is 0.570. The van der Waals surface area contributed by atoms with Crippen molar-refractivity contribution in [2.45, 2.75) is 20.4 Å². The summed E-state index contributed by atoms with van der Waals surface area (Å²) in [6, 6.07) is 16.2. The third-order valence-electron chi connectivity index (χ3n) is 4.22. The van der Waals surface area contributed by atoms with E-state index in [1.807, 2.05) is 37.4 Å². The second-order valence-corrected chi connectivity index (χ2v) is 6.86. The van der Waals surface area contributed by atoms with E-state index in [-0.39, 0.29) is 5.91 Å². The fraction of sp³-hybridized carbons (Fsp3) is 0.150. The first-order valence-corrected chi connectivity index (χ1v) is 9.33. The van der Waals surface area contributed by atoms with Crippen molar-refractivity contribution in [2.75, 3.05) is 5.32 Å². The molecule has 0 radical (unpaired) electrons. The number of rotatable bonds is 4. The zero-order chi connectivity index (χ0) is 18.1. The molecular weight excluding hydrogens is 344 g/mol. The molecular formula is C20H18N4OS. The molecule has 0 fully saturated rings. The van der Waals surface area contributed by atoms with Crippen LogP contribution in [0.4, 0.5) is 5.13 Å². The summed E-state index contributed by atoms with van der Waals surface area (Å²) >= 11 is 1.42. The van der Waals surface area contributed by atoms with Crippen molar-refractivity contribution in [3.05, 3.63) is 65.3 Å². The lowest BCUT2D eigenvalue weighted by Gasteiger charge is -2.04. The maximum atomic E-state index is 12.6. The summed E-state index contributed by atoms with van der Waals surface area (Å²) in [6.45, 7) is 4.49. The van der Waals surface area contributed by atoms with Gasteiger partial charge in [-0.25, -0.2) is 4.98 Å². The van der Waals surface area contributed by atoms with E-state index in [1.54, 1.807) is 10.7 Å². The van der Waals surface area contributed by atoms with Crippen LogP contribution >= 0.6 is 11.3 Å². The van der Waals surface area contributed by atoms with Crippen molar-refractivity contribution in [3.8, 4) is 11.3 Å². The number of carbonyl (C=O) groups excluding carboxylic acids is 1. The number of nitrogens with zero attached hydrogens (tertiary/aromatic N) is 3. The van der Waals surface area contributed by atoms with Gasteiger partial charge in [0.15, 0.2) is 5.13 Å². The third-order valence-corrected chi connectivity index (χ3v) is 4.98. The standard InChI is InChI=1S/C20H18N4OS/c1-3-24-18(11-13(2)23-24)19(25)22-20-21-17(12-26-20)16-10-6-8-14-7-4-5-9-15(14)16/h4-12H,3H2,1-2H3,(H,21,22,25). The number of anilines is 1. The molecule has 5 nitrogen and oxygen atoms in total. The molecule has 4 rings (SSSR count). The minimum atomic E-state index is -0.189. The van der Waals surface area contributed by atoms with E-state index in [0.29, 0.717) is 17.4 Å². The van der Waals surface area contributed by atoms with Gasteiger partial charge < -0.3 is 0 Å². The molecule has 130 valence electrons. The number of amides is 1. The zero-order valence-electron chi connectivity index (χ0n) is 14.6. The Balaban J connectivity index is 1.63. The van der Waals surface area contributed by atoms with E-state index in [9.17, 15) is 4.79 Å². The SMILES string of the molecule is CCn1nc(C)cc1C(=O)Nc1nc(-c2cccc3ccccc23)cs1. The van der Waals surface area contributed by atoms with Crippen LogP contribution < -0.4 is 5.32 Å². The predicted octanol–water partition coefficient (Wildman–Crippen LogP) is 4.74. The molecule has 0 saturated carbocycles. The highest BCUT2D eigenvalue weighted by atomic mass is 32.1. The molecule has 0 saturated heterocycles. The molecule has 0 unspecified atom stereocenters. The highest BCUT2D eigenvalue weighted by Crippen LogP contribution is 2.31. The first-order valence-electron chi connectivity index (χ1n) is 8.45. The van der Waals surface area contributed by atoms with Gasteiger partial charge in [0.25, 0.3) is 5.91 Å². The van der Waals surface area contributed by atoms with Crippen LogP contribution in [-0.4, -0.2) is 20.7 Å². The molecule has 0 spiro atoms. The first-order chi connectivity index (χ1) is 12.7. The van der Waals surface area contributed by atoms with Crippen molar-refractivity contribution < 1.29 is 4.79 Å². The van der Waals surface area contributed by atoms with E-state index in [2.05, 4.69) is 39.7 Å². The molecule has 2 heterocycles. The van der Waals surface area contributed by atoms with Gasteiger partial charge in [0, 0.05) is 17.5 Å². The van der Waals surface area contributed by atoms with Gasteiger partial charge in [-0.3, -0.25) is 14.8 Å². The van der Waals surface area contributed by atoms with E-state index < -0.39 is 0 Å². The number of aromatic nitrogens is 3. The second kappa shape index (κ2) is 6.72. The number of hydrogen-bond acceptors (Lipinski definition) is 4. The summed E-state index contributed by atoms with van der Waals surface area (Å²) in [5, 5.41) is 12.1. The lowest BCUT2D eigenvalue weighted by molar-refractivity contribution is 0.101. The normalized spacial score (nSPS) is 11.0. The van der Waals surface area contributed by atoms with E-state index in [1.165, 1.54) is 16.7 Å². The van der Waals surface area contributed by atoms with Crippen LogP contribution in [0.1, 0.15) is 23.1 Å². The molecule has 1 amide bonds. The number of thiazole rings is 1. The van der Waals surface area contributed by atoms with Gasteiger partial charge in [0.1, 0.15) is 5.69 Å². The Morgan fingerprint density at radius 3 is 2.85 bits per heavy atom. The number of hydrogen-bond donors (Lipinski definition) is 1. The molecule has 2 aromatic carbocycles. The summed E-state index contributed by atoms with van der Waals surface area (Å²) in [7, 11) is 0. The zero-order valence-corrected chi connectivity index (χ0v) is 15.4. The van der Waals surface area contributed by atoms with Gasteiger partial charge in [0.05, 0.1) is 11.4 Å². The van der Waals surface area contributed by atoms with E-state index in [0.717, 1.165) is 22.3 Å². The van der Waals surface area contributed by atoms with Crippen molar-refractivity contribution in [1.29, 1.82) is 0 Å². The van der Waals surface area contributed by atoms with E-state index >= 15 is 0 Å². The number of benzene rings is 2. The Labute approximate surface area is 155 Å². The average molecular weight is 362 g/mol. The van der Waals surface area contributed by atoms with Crippen LogP contribution in [0.2, 0.25) is 0 Å². The first kappa shape index (κ1) is 16.5. The third kappa shape index (κ3) is 2.99. The highest BCUT2D eigenvalue weighted by Gasteiger charge is 2.15. The minimum Gasteiger partial charge on any atom is -0.296 e.